The lowest BCUT2D eigenvalue weighted by Gasteiger charge is -2.43. The van der Waals surface area contributed by atoms with Crippen LogP contribution in [0.1, 0.15) is 25.3 Å². The Kier molecular flexibility index (Phi) is 8.18. The van der Waals surface area contributed by atoms with Gasteiger partial charge in [0.25, 0.3) is 0 Å². The number of hydrogen-bond donors (Lipinski definition) is 0. The van der Waals surface area contributed by atoms with Crippen LogP contribution in [0.2, 0.25) is 20.1 Å². The van der Waals surface area contributed by atoms with Gasteiger partial charge in [0, 0.05) is 48.2 Å². The Morgan fingerprint density at radius 1 is 1.16 bits per heavy atom. The Hall–Kier alpha value is -3.13. The summed E-state index contributed by atoms with van der Waals surface area (Å²) in [4.78, 5) is 23.7. The highest BCUT2D eigenvalue weighted by Gasteiger charge is 2.36. The molecular weight excluding hydrogens is 630 g/mol. The van der Waals surface area contributed by atoms with Gasteiger partial charge in [0.1, 0.15) is 5.52 Å². The van der Waals surface area contributed by atoms with E-state index in [-0.39, 0.29) is 24.4 Å². The van der Waals surface area contributed by atoms with Gasteiger partial charge in [-0.3, -0.25) is 4.79 Å². The zero-order valence-electron chi connectivity index (χ0n) is 23.6. The summed E-state index contributed by atoms with van der Waals surface area (Å²) in [6.45, 7) is 5.65. The molecule has 0 radical (unpaired) electrons. The molecule has 222 valence electrons. The van der Waals surface area contributed by atoms with Crippen LogP contribution in [-0.4, -0.2) is 81.5 Å². The average Bonchev–Trinajstić information content (AvgIpc) is 3.40. The number of hydrogen-bond acceptors (Lipinski definition) is 7. The van der Waals surface area contributed by atoms with E-state index >= 15 is 0 Å². The SMILES string of the molecule is C=CC(=O)N1CC[C@H](n2nnc3c(N4CC(N(C)C)C4)nc4c(Cl)c(-c5cccc(Cl)c5Cl)c(Cl)cc4c32)C[C@H]1CC#N. The predicted molar refractivity (Wildman–Crippen MR) is 172 cm³/mol. The standard InChI is InChI=1S/C30H28Cl4N8O/c1-4-23(43)41-11-9-17(12-16(41)8-10-35)42-29-20-13-22(32)24(19-6-5-7-21(31)25(19)33)26(34)27(20)36-30(28(29)37-38-42)40-14-18(15-40)39(2)3/h4-7,13,16-18H,1,8-9,11-12,14-15H2,2-3H3/t16-,17+/m1/s1. The van der Waals surface area contributed by atoms with Crippen molar-refractivity contribution in [2.24, 2.45) is 0 Å². The first-order chi connectivity index (χ1) is 20.6. The second kappa shape index (κ2) is 11.8. The van der Waals surface area contributed by atoms with Crippen LogP contribution >= 0.6 is 46.4 Å². The van der Waals surface area contributed by atoms with Gasteiger partial charge in [-0.15, -0.1) is 5.10 Å². The molecule has 0 aliphatic carbocycles. The first kappa shape index (κ1) is 29.9. The highest BCUT2D eigenvalue weighted by Crippen LogP contribution is 2.47. The lowest BCUT2D eigenvalue weighted by atomic mass is 9.94. The number of halogens is 4. The summed E-state index contributed by atoms with van der Waals surface area (Å²) in [6, 6.07) is 9.36. The number of fused-ring (bicyclic) bond motifs is 3. The minimum Gasteiger partial charge on any atom is -0.351 e. The molecule has 2 fully saturated rings. The molecule has 43 heavy (non-hydrogen) atoms. The van der Waals surface area contributed by atoms with E-state index in [2.05, 4.69) is 46.9 Å². The number of carbonyl (C=O) groups excluding carboxylic acids is 1. The number of likely N-dealkylation sites (N-methyl/N-ethyl adjacent to an activating group) is 1. The van der Waals surface area contributed by atoms with Gasteiger partial charge in [-0.1, -0.05) is 70.3 Å². The number of pyridine rings is 1. The fourth-order valence-corrected chi connectivity index (χ4v) is 7.18. The van der Waals surface area contributed by atoms with E-state index in [4.69, 9.17) is 51.4 Å². The van der Waals surface area contributed by atoms with Gasteiger partial charge in [-0.25, -0.2) is 9.67 Å². The van der Waals surface area contributed by atoms with E-state index in [9.17, 15) is 10.1 Å². The van der Waals surface area contributed by atoms with Crippen molar-refractivity contribution in [3.63, 3.8) is 0 Å². The number of piperidine rings is 1. The molecule has 0 saturated carbocycles. The molecule has 0 unspecified atom stereocenters. The molecule has 13 heteroatoms. The molecule has 4 heterocycles. The molecule has 2 saturated heterocycles. The molecule has 0 N–H and O–H groups in total. The van der Waals surface area contributed by atoms with Crippen molar-refractivity contribution in [3.8, 4) is 17.2 Å². The van der Waals surface area contributed by atoms with Gasteiger partial charge in [0.2, 0.25) is 5.91 Å². The largest absolute Gasteiger partial charge is 0.351 e. The first-order valence-corrected chi connectivity index (χ1v) is 15.4. The topological polar surface area (TPSA) is 94.2 Å². The summed E-state index contributed by atoms with van der Waals surface area (Å²) in [5, 5.41) is 21.0. The fraction of sp³-hybridized carbons (Fsp3) is 0.367. The third kappa shape index (κ3) is 5.09. The molecular formula is C30H28Cl4N8O. The lowest BCUT2D eigenvalue weighted by molar-refractivity contribution is -0.130. The number of likely N-dealkylation sites (tertiary alicyclic amines) is 1. The molecule has 2 aliphatic rings. The third-order valence-electron chi connectivity index (χ3n) is 8.50. The first-order valence-electron chi connectivity index (χ1n) is 13.9. The number of carbonyl (C=O) groups is 1. The predicted octanol–water partition coefficient (Wildman–Crippen LogP) is 6.64. The number of rotatable bonds is 6. The molecule has 6 rings (SSSR count). The molecule has 4 aromatic rings. The van der Waals surface area contributed by atoms with Crippen molar-refractivity contribution in [2.75, 3.05) is 38.6 Å². The van der Waals surface area contributed by atoms with Crippen LogP contribution in [0.25, 0.3) is 33.1 Å². The second-order valence-corrected chi connectivity index (χ2v) is 12.7. The lowest BCUT2D eigenvalue weighted by Crippen LogP contribution is -2.57. The maximum absolute atomic E-state index is 12.5. The molecule has 1 amide bonds. The maximum Gasteiger partial charge on any atom is 0.246 e. The van der Waals surface area contributed by atoms with Crippen LogP contribution in [-0.2, 0) is 4.79 Å². The van der Waals surface area contributed by atoms with Gasteiger partial charge in [0.05, 0.1) is 44.1 Å². The van der Waals surface area contributed by atoms with Gasteiger partial charge in [0.15, 0.2) is 11.3 Å². The molecule has 0 spiro atoms. The highest BCUT2D eigenvalue weighted by atomic mass is 35.5. The summed E-state index contributed by atoms with van der Waals surface area (Å²) in [6.07, 6.45) is 2.66. The Bertz CT molecular complexity index is 1810. The van der Waals surface area contributed by atoms with E-state index in [0.717, 1.165) is 18.6 Å². The quantitative estimate of drug-likeness (QED) is 0.215. The molecule has 2 aromatic heterocycles. The van der Waals surface area contributed by atoms with Crippen molar-refractivity contribution >= 4 is 80.1 Å². The second-order valence-electron chi connectivity index (χ2n) is 11.2. The van der Waals surface area contributed by atoms with Crippen LogP contribution < -0.4 is 4.90 Å². The monoisotopic (exact) mass is 656 g/mol. The van der Waals surface area contributed by atoms with Crippen molar-refractivity contribution in [1.29, 1.82) is 5.26 Å². The van der Waals surface area contributed by atoms with E-state index in [1.807, 2.05) is 16.8 Å². The number of amides is 1. The van der Waals surface area contributed by atoms with Crippen LogP contribution in [0.15, 0.2) is 36.9 Å². The average molecular weight is 658 g/mol. The van der Waals surface area contributed by atoms with Gasteiger partial charge < -0.3 is 14.7 Å². The van der Waals surface area contributed by atoms with Crippen molar-refractivity contribution in [3.05, 3.63) is 57.0 Å². The normalized spacial score (nSPS) is 19.2. The minimum absolute atomic E-state index is 0.124. The molecule has 2 aromatic carbocycles. The van der Waals surface area contributed by atoms with Crippen LogP contribution in [0, 0.1) is 11.3 Å². The van der Waals surface area contributed by atoms with E-state index in [0.29, 0.717) is 78.9 Å². The van der Waals surface area contributed by atoms with E-state index in [1.165, 1.54) is 6.08 Å². The van der Waals surface area contributed by atoms with Crippen molar-refractivity contribution in [1.82, 2.24) is 29.8 Å². The zero-order valence-corrected chi connectivity index (χ0v) is 26.6. The third-order valence-corrected chi connectivity index (χ3v) is 9.99. The number of benzene rings is 2. The minimum atomic E-state index is -0.277. The highest BCUT2D eigenvalue weighted by molar-refractivity contribution is 6.47. The van der Waals surface area contributed by atoms with Gasteiger partial charge in [-0.2, -0.15) is 5.26 Å². The summed E-state index contributed by atoms with van der Waals surface area (Å²) in [5.74, 6) is 0.505. The Morgan fingerprint density at radius 2 is 1.93 bits per heavy atom. The number of nitriles is 1. The Morgan fingerprint density at radius 3 is 2.63 bits per heavy atom. The fourth-order valence-electron chi connectivity index (χ4n) is 6.09. The molecule has 2 aliphatic heterocycles. The van der Waals surface area contributed by atoms with Crippen molar-refractivity contribution < 1.29 is 4.79 Å². The van der Waals surface area contributed by atoms with Gasteiger partial charge >= 0.3 is 0 Å². The summed E-state index contributed by atoms with van der Waals surface area (Å²) in [5.41, 5.74) is 3.10. The van der Waals surface area contributed by atoms with E-state index in [1.54, 1.807) is 17.0 Å². The van der Waals surface area contributed by atoms with E-state index < -0.39 is 0 Å². The molecule has 0 bridgehead atoms. The number of nitrogens with zero attached hydrogens (tertiary/aromatic N) is 8. The van der Waals surface area contributed by atoms with Crippen molar-refractivity contribution in [2.45, 2.75) is 37.4 Å². The van der Waals surface area contributed by atoms with Crippen LogP contribution in [0.4, 0.5) is 5.82 Å². The Labute approximate surface area is 269 Å². The zero-order chi connectivity index (χ0) is 30.6. The summed E-state index contributed by atoms with van der Waals surface area (Å²) < 4.78 is 1.89. The molecule has 9 nitrogen and oxygen atoms in total. The van der Waals surface area contributed by atoms with Crippen LogP contribution in [0.5, 0.6) is 0 Å². The molecule has 2 atom stereocenters. The number of aromatic nitrogens is 4. The van der Waals surface area contributed by atoms with Gasteiger partial charge in [-0.05, 0) is 45.1 Å². The van der Waals surface area contributed by atoms with Crippen LogP contribution in [0.3, 0.4) is 0 Å². The Balaban J connectivity index is 1.55. The summed E-state index contributed by atoms with van der Waals surface area (Å²) in [7, 11) is 4.12. The summed E-state index contributed by atoms with van der Waals surface area (Å²) >= 11 is 27.0. The number of anilines is 1. The smallest absolute Gasteiger partial charge is 0.246 e. The maximum atomic E-state index is 12.5.